The summed E-state index contributed by atoms with van der Waals surface area (Å²) in [6.45, 7) is 7.39. The molecule has 0 radical (unpaired) electrons. The summed E-state index contributed by atoms with van der Waals surface area (Å²) in [5.74, 6) is 0.837. The number of rotatable bonds is 4. The Balaban J connectivity index is 1.70. The van der Waals surface area contributed by atoms with Crippen LogP contribution in [0.1, 0.15) is 47.6 Å². The fourth-order valence-corrected chi connectivity index (χ4v) is 4.22. The Bertz CT molecular complexity index is 1280. The number of benzene rings is 1. The van der Waals surface area contributed by atoms with E-state index in [0.29, 0.717) is 23.3 Å². The van der Waals surface area contributed by atoms with Gasteiger partial charge >= 0.3 is 0 Å². The molecular formula is C25H27F3N6. The highest BCUT2D eigenvalue weighted by atomic mass is 19.3. The van der Waals surface area contributed by atoms with Crippen molar-refractivity contribution in [1.82, 2.24) is 14.6 Å². The molecule has 0 atom stereocenters. The van der Waals surface area contributed by atoms with Crippen molar-refractivity contribution in [2.24, 2.45) is 9.98 Å². The fraction of sp³-hybridized carbons (Fsp3) is 0.360. The molecule has 0 saturated carbocycles. The molecule has 0 fully saturated rings. The average molecular weight is 469 g/mol. The van der Waals surface area contributed by atoms with E-state index in [1.807, 2.05) is 23.5 Å². The van der Waals surface area contributed by atoms with E-state index in [4.69, 9.17) is 0 Å². The lowest BCUT2D eigenvalue weighted by atomic mass is 9.97. The molecule has 0 unspecified atom stereocenters. The number of aromatic nitrogens is 3. The number of fused-ring (bicyclic) bond motifs is 5. The Morgan fingerprint density at radius 3 is 2.79 bits per heavy atom. The SMILES string of the molecule is C=C(C=NC(C)=NCC(F)F)c1cc2c(n3cnnc13)NCc1c(F)ccc(c1C)CCCC2. The van der Waals surface area contributed by atoms with E-state index in [1.54, 1.807) is 19.3 Å². The summed E-state index contributed by atoms with van der Waals surface area (Å²) in [6, 6.07) is 5.43. The first kappa shape index (κ1) is 23.7. The van der Waals surface area contributed by atoms with E-state index in [1.165, 1.54) is 11.8 Å². The van der Waals surface area contributed by atoms with Gasteiger partial charge in [-0.3, -0.25) is 9.39 Å². The van der Waals surface area contributed by atoms with Crippen molar-refractivity contribution in [3.05, 3.63) is 64.7 Å². The van der Waals surface area contributed by atoms with Crippen LogP contribution in [-0.4, -0.2) is 39.6 Å². The highest BCUT2D eigenvalue weighted by Crippen LogP contribution is 2.29. The van der Waals surface area contributed by atoms with Gasteiger partial charge in [0, 0.05) is 23.9 Å². The number of aliphatic imine (C=N–C) groups is 2. The molecule has 4 rings (SSSR count). The Kier molecular flexibility index (Phi) is 7.09. The highest BCUT2D eigenvalue weighted by Gasteiger charge is 2.18. The van der Waals surface area contributed by atoms with E-state index in [2.05, 4.69) is 32.1 Å². The number of hydrogen-bond acceptors (Lipinski definition) is 4. The number of pyridine rings is 1. The fourth-order valence-electron chi connectivity index (χ4n) is 4.22. The van der Waals surface area contributed by atoms with Crippen molar-refractivity contribution in [3.63, 3.8) is 0 Å². The standard InChI is InChI=1S/C25H27F3N6/c1-15(11-29-17(3)30-13-23(27)28)20-10-19-7-5-4-6-18-8-9-22(26)21(16(18)2)12-31-24(19)34-14-32-33-25(20)34/h8-11,14,23,31H,1,4-7,12-13H2,2-3H3. The molecular weight excluding hydrogens is 441 g/mol. The van der Waals surface area contributed by atoms with Crippen LogP contribution in [-0.2, 0) is 19.4 Å². The lowest BCUT2D eigenvalue weighted by Gasteiger charge is -2.17. The zero-order valence-corrected chi connectivity index (χ0v) is 19.3. The summed E-state index contributed by atoms with van der Waals surface area (Å²) in [5.41, 5.74) is 5.73. The van der Waals surface area contributed by atoms with Crippen LogP contribution < -0.4 is 5.32 Å². The first-order valence-electron chi connectivity index (χ1n) is 11.2. The first-order chi connectivity index (χ1) is 16.3. The molecule has 34 heavy (non-hydrogen) atoms. The van der Waals surface area contributed by atoms with Gasteiger partial charge in [-0.15, -0.1) is 10.2 Å². The molecule has 9 heteroatoms. The molecule has 0 amide bonds. The minimum Gasteiger partial charge on any atom is -0.367 e. The van der Waals surface area contributed by atoms with Gasteiger partial charge in [0.1, 0.15) is 30.3 Å². The third-order valence-corrected chi connectivity index (χ3v) is 6.09. The zero-order chi connectivity index (χ0) is 24.2. The van der Waals surface area contributed by atoms with Gasteiger partial charge in [-0.1, -0.05) is 12.6 Å². The van der Waals surface area contributed by atoms with Crippen LogP contribution in [0.4, 0.5) is 19.0 Å². The lowest BCUT2D eigenvalue weighted by Crippen LogP contribution is -2.11. The smallest absolute Gasteiger partial charge is 0.257 e. The highest BCUT2D eigenvalue weighted by molar-refractivity contribution is 6.14. The van der Waals surface area contributed by atoms with Crippen LogP contribution in [0.15, 0.2) is 41.1 Å². The van der Waals surface area contributed by atoms with Crippen molar-refractivity contribution < 1.29 is 13.2 Å². The third kappa shape index (κ3) is 5.03. The molecule has 6 nitrogen and oxygen atoms in total. The van der Waals surface area contributed by atoms with Crippen molar-refractivity contribution >= 4 is 29.1 Å². The molecule has 1 aromatic carbocycles. The quantitative estimate of drug-likeness (QED) is 0.410. The minimum atomic E-state index is -2.51. The van der Waals surface area contributed by atoms with Crippen LogP contribution in [0.25, 0.3) is 11.2 Å². The van der Waals surface area contributed by atoms with Gasteiger partial charge in [-0.05, 0) is 73.9 Å². The topological polar surface area (TPSA) is 66.9 Å². The number of aryl methyl sites for hydroxylation is 2. The zero-order valence-electron chi connectivity index (χ0n) is 19.3. The van der Waals surface area contributed by atoms with E-state index in [-0.39, 0.29) is 11.7 Å². The minimum absolute atomic E-state index is 0.223. The third-order valence-electron chi connectivity index (χ3n) is 6.09. The maximum Gasteiger partial charge on any atom is 0.257 e. The Morgan fingerprint density at radius 2 is 2.03 bits per heavy atom. The van der Waals surface area contributed by atoms with Gasteiger partial charge in [-0.25, -0.2) is 18.2 Å². The van der Waals surface area contributed by atoms with Crippen LogP contribution >= 0.6 is 0 Å². The summed E-state index contributed by atoms with van der Waals surface area (Å²) in [6.07, 6.45) is 4.24. The molecule has 3 aromatic rings. The number of hydrogen-bond donors (Lipinski definition) is 1. The molecule has 2 bridgehead atoms. The normalized spacial score (nSPS) is 14.8. The number of anilines is 1. The molecule has 1 aliphatic rings. The molecule has 0 aliphatic carbocycles. The van der Waals surface area contributed by atoms with Crippen LogP contribution in [0.3, 0.4) is 0 Å². The second kappa shape index (κ2) is 10.2. The molecule has 3 heterocycles. The van der Waals surface area contributed by atoms with E-state index >= 15 is 0 Å². The summed E-state index contributed by atoms with van der Waals surface area (Å²) in [5, 5.41) is 11.7. The molecule has 178 valence electrons. The van der Waals surface area contributed by atoms with Crippen molar-refractivity contribution in [1.29, 1.82) is 0 Å². The van der Waals surface area contributed by atoms with Gasteiger partial charge in [0.15, 0.2) is 5.65 Å². The number of halogens is 3. The lowest BCUT2D eigenvalue weighted by molar-refractivity contribution is 0.158. The summed E-state index contributed by atoms with van der Waals surface area (Å²) < 4.78 is 41.2. The van der Waals surface area contributed by atoms with Crippen LogP contribution in [0.2, 0.25) is 0 Å². The van der Waals surface area contributed by atoms with Gasteiger partial charge < -0.3 is 5.32 Å². The summed E-state index contributed by atoms with van der Waals surface area (Å²) in [7, 11) is 0. The Labute approximate surface area is 196 Å². The maximum atomic E-state index is 14.6. The van der Waals surface area contributed by atoms with Gasteiger partial charge in [0.05, 0.1) is 0 Å². The second-order valence-corrected chi connectivity index (χ2v) is 8.39. The van der Waals surface area contributed by atoms with Gasteiger partial charge in [0.25, 0.3) is 6.43 Å². The predicted octanol–water partition coefficient (Wildman–Crippen LogP) is 5.44. The Hall–Kier alpha value is -3.49. The second-order valence-electron chi connectivity index (χ2n) is 8.39. The number of alkyl halides is 2. The maximum absolute atomic E-state index is 14.6. The predicted molar refractivity (Wildman–Crippen MR) is 130 cm³/mol. The summed E-state index contributed by atoms with van der Waals surface area (Å²) in [4.78, 5) is 7.90. The number of nitrogens with zero attached hydrogens (tertiary/aromatic N) is 5. The van der Waals surface area contributed by atoms with Crippen LogP contribution in [0, 0.1) is 12.7 Å². The molecule has 2 aromatic heterocycles. The van der Waals surface area contributed by atoms with Crippen molar-refractivity contribution in [2.75, 3.05) is 11.9 Å². The number of nitrogens with one attached hydrogen (secondary N) is 1. The Morgan fingerprint density at radius 1 is 1.26 bits per heavy atom. The number of allylic oxidation sites excluding steroid dienone is 1. The van der Waals surface area contributed by atoms with Crippen molar-refractivity contribution in [2.45, 2.75) is 52.5 Å². The van der Waals surface area contributed by atoms with E-state index in [0.717, 1.165) is 48.2 Å². The molecule has 0 saturated heterocycles. The summed E-state index contributed by atoms with van der Waals surface area (Å²) >= 11 is 0. The number of amidine groups is 1. The average Bonchev–Trinajstić information content (AvgIpc) is 3.29. The molecule has 1 aliphatic heterocycles. The van der Waals surface area contributed by atoms with E-state index in [9.17, 15) is 13.2 Å². The monoisotopic (exact) mass is 468 g/mol. The van der Waals surface area contributed by atoms with Crippen LogP contribution in [0.5, 0.6) is 0 Å². The largest absolute Gasteiger partial charge is 0.367 e. The van der Waals surface area contributed by atoms with Gasteiger partial charge in [-0.2, -0.15) is 0 Å². The van der Waals surface area contributed by atoms with E-state index < -0.39 is 13.0 Å². The molecule has 0 spiro atoms. The van der Waals surface area contributed by atoms with Gasteiger partial charge in [0.2, 0.25) is 0 Å². The molecule has 1 N–H and O–H groups in total. The van der Waals surface area contributed by atoms with Crippen molar-refractivity contribution in [3.8, 4) is 0 Å². The first-order valence-corrected chi connectivity index (χ1v) is 11.2.